The van der Waals surface area contributed by atoms with Crippen LogP contribution < -0.4 is 0 Å². The SMILES string of the molecule is C=S(=O)(c1ccn(C)n1)N(C1CC(C)(O)C1)[C@H]1CCC2=Cc3c(cnn3-c3ccc(F)cc3)C[C@]2(C(=O)c2cc(Cl)ccn2)C1.C=S(=O)(c1cn(C)nn1)N(CC(F)(F)F)[C@H]1CCC2=Cc3c(cnn3-c3ccc(F)cc3)C[C@]2(C(=O)c2ncc(C(F)(F)F)s2)C1.Cn1ccc(S(=O)(=O)[C@@]2(F)CCC3=Cc4c(cnn4-c4ccc(F)cc4)C[C@]3(C(=O)c3ccc(C(F)(F)F)cn3)C2)n1. The van der Waals surface area contributed by atoms with Crippen molar-refractivity contribution in [2.24, 2.45) is 37.4 Å². The van der Waals surface area contributed by atoms with Crippen molar-refractivity contribution in [2.75, 3.05) is 6.54 Å². The number of halogens is 14. The summed E-state index contributed by atoms with van der Waals surface area (Å²) in [5, 5.41) is 36.5. The zero-order chi connectivity index (χ0) is 95.0. The molecule has 133 heavy (non-hydrogen) atoms. The van der Waals surface area contributed by atoms with Gasteiger partial charge in [0.15, 0.2) is 31.7 Å². The van der Waals surface area contributed by atoms with Crippen molar-refractivity contribution in [3.63, 3.8) is 0 Å². The van der Waals surface area contributed by atoms with Gasteiger partial charge in [0.2, 0.25) is 20.6 Å². The first-order valence-electron chi connectivity index (χ1n) is 41.4. The number of aryl methyl sites for hydroxylation is 3. The first-order chi connectivity index (χ1) is 62.6. The first-order valence-corrected chi connectivity index (χ1v) is 47.4. The zero-order valence-corrected chi connectivity index (χ0v) is 74.9. The number of sulfone groups is 1. The van der Waals surface area contributed by atoms with E-state index in [1.807, 2.05) is 10.4 Å². The fourth-order valence-electron chi connectivity index (χ4n) is 19.3. The molecule has 0 aliphatic heterocycles. The summed E-state index contributed by atoms with van der Waals surface area (Å²) in [6.45, 7) is 0.134. The number of alkyl halides is 10. The van der Waals surface area contributed by atoms with Crippen molar-refractivity contribution >= 4 is 99.5 Å². The molecule has 26 nitrogen and oxygen atoms in total. The summed E-state index contributed by atoms with van der Waals surface area (Å²) in [7, 11) is -6.97. The van der Waals surface area contributed by atoms with Gasteiger partial charge in [-0.2, -0.15) is 65.0 Å². The topological polar surface area (TPSA) is 305 Å². The molecule has 4 fully saturated rings. The Kier molecular flexibility index (Phi) is 23.8. The van der Waals surface area contributed by atoms with Gasteiger partial charge in [0.05, 0.1) is 112 Å². The van der Waals surface area contributed by atoms with Crippen LogP contribution in [0.4, 0.5) is 57.1 Å². The number of Topliss-reactive ketones (excluding diaryl/α,β-unsaturated/α-hetero) is 3. The number of allylic oxidation sites excluding steroid dienone is 3. The number of aliphatic hydroxyl groups is 1. The minimum absolute atomic E-state index is 0.00933. The number of carbonyl (C=O) groups excluding carboxylic acids is 3. The van der Waals surface area contributed by atoms with Gasteiger partial charge < -0.3 is 5.11 Å². The third kappa shape index (κ3) is 17.5. The highest BCUT2D eigenvalue weighted by atomic mass is 35.5. The highest BCUT2D eigenvalue weighted by Crippen LogP contribution is 2.59. The molecule has 7 aliphatic rings. The van der Waals surface area contributed by atoms with Crippen LogP contribution in [0.15, 0.2) is 197 Å². The highest BCUT2D eigenvalue weighted by Gasteiger charge is 2.62. The molecule has 9 aromatic heterocycles. The van der Waals surface area contributed by atoms with E-state index < -0.39 is 144 Å². The summed E-state index contributed by atoms with van der Waals surface area (Å²) in [5.41, 5.74) is 0.820. The van der Waals surface area contributed by atoms with E-state index in [4.69, 9.17) is 11.6 Å². The molecule has 7 aliphatic carbocycles. The predicted molar refractivity (Wildman–Crippen MR) is 464 cm³/mol. The third-order valence-corrected chi connectivity index (χ3v) is 33.1. The van der Waals surface area contributed by atoms with E-state index in [0.717, 1.165) is 22.9 Å². The number of benzene rings is 3. The summed E-state index contributed by atoms with van der Waals surface area (Å²) in [5.74, 6) is 4.82. The molecule has 19 rings (SSSR count). The Bertz CT molecular complexity index is 7060. The molecular weight excluding hydrogens is 1860 g/mol. The van der Waals surface area contributed by atoms with Crippen LogP contribution in [0.25, 0.3) is 35.3 Å². The lowest BCUT2D eigenvalue weighted by molar-refractivity contribution is -0.140. The predicted octanol–water partition coefficient (Wildman–Crippen LogP) is 15.9. The fourth-order valence-corrected chi connectivity index (χ4v) is 25.7. The molecule has 4 saturated carbocycles. The Morgan fingerprint density at radius 1 is 0.549 bits per heavy atom. The lowest BCUT2D eigenvalue weighted by atomic mass is 9.60. The summed E-state index contributed by atoms with van der Waals surface area (Å²) < 4.78 is 247. The van der Waals surface area contributed by atoms with Gasteiger partial charge >= 0.3 is 18.5 Å². The Hall–Kier alpha value is -11.7. The number of nitrogens with zero attached hydrogens (tertiary/aromatic N) is 18. The average molecular weight is 1940 g/mol. The van der Waals surface area contributed by atoms with E-state index in [1.165, 1.54) is 131 Å². The van der Waals surface area contributed by atoms with Gasteiger partial charge in [0.1, 0.15) is 40.3 Å². The quantitative estimate of drug-likeness (QED) is 0.0447. The molecule has 3 aromatic carbocycles. The maximum Gasteiger partial charge on any atom is 0.427 e. The second-order valence-corrected chi connectivity index (χ2v) is 42.5. The van der Waals surface area contributed by atoms with Crippen LogP contribution in [0, 0.1) is 33.7 Å². The van der Waals surface area contributed by atoms with E-state index in [0.29, 0.717) is 122 Å². The summed E-state index contributed by atoms with van der Waals surface area (Å²) in [6.07, 6.45) is 3.34. The van der Waals surface area contributed by atoms with Crippen molar-refractivity contribution in [3.05, 3.63) is 265 Å². The van der Waals surface area contributed by atoms with E-state index in [1.54, 1.807) is 78.2 Å². The van der Waals surface area contributed by atoms with Gasteiger partial charge in [-0.05, 0) is 240 Å². The number of ketones is 3. The van der Waals surface area contributed by atoms with Crippen molar-refractivity contribution in [3.8, 4) is 17.1 Å². The van der Waals surface area contributed by atoms with Crippen LogP contribution >= 0.6 is 22.9 Å². The number of fused-ring (bicyclic) bond motifs is 6. The van der Waals surface area contributed by atoms with E-state index >= 15 is 4.39 Å². The Morgan fingerprint density at radius 2 is 1.04 bits per heavy atom. The van der Waals surface area contributed by atoms with E-state index in [2.05, 4.69) is 62.5 Å². The van der Waals surface area contributed by atoms with Crippen molar-refractivity contribution in [1.82, 2.24) is 87.5 Å². The Balaban J connectivity index is 0.000000139. The molecule has 2 unspecified atom stereocenters. The largest absolute Gasteiger partial charge is 0.427 e. The van der Waals surface area contributed by atoms with Gasteiger partial charge in [-0.3, -0.25) is 38.4 Å². The lowest BCUT2D eigenvalue weighted by Crippen LogP contribution is -2.60. The minimum Gasteiger partial charge on any atom is -0.390 e. The molecule has 0 saturated heterocycles. The van der Waals surface area contributed by atoms with Crippen molar-refractivity contribution < 1.29 is 93.4 Å². The van der Waals surface area contributed by atoms with Crippen LogP contribution in [0.1, 0.15) is 153 Å². The number of aromatic nitrogens is 16. The lowest BCUT2D eigenvalue weighted by Gasteiger charge is -2.53. The van der Waals surface area contributed by atoms with Crippen molar-refractivity contribution in [2.45, 2.75) is 159 Å². The average Bonchev–Trinajstić information content (AvgIpc) is 1.30. The highest BCUT2D eigenvalue weighted by molar-refractivity contribution is 7.98. The molecule has 12 aromatic rings. The molecular formula is C89H80ClF13N18O8S4. The van der Waals surface area contributed by atoms with Crippen LogP contribution in [-0.2, 0) is 82.0 Å². The number of rotatable bonds is 19. The number of hydrogen-bond acceptors (Lipinski definition) is 19. The first kappa shape index (κ1) is 93.1. The molecule has 696 valence electrons. The Labute approximate surface area is 760 Å². The normalized spacial score (nSPS) is 23.6. The zero-order valence-electron chi connectivity index (χ0n) is 70.9. The maximum absolute atomic E-state index is 16.8. The summed E-state index contributed by atoms with van der Waals surface area (Å²) >= 11 is 6.48. The number of thiazole rings is 1. The number of hydrogen-bond donors (Lipinski definition) is 1. The molecule has 8 atom stereocenters. The number of carbonyl (C=O) groups is 3. The van der Waals surface area contributed by atoms with E-state index in [9.17, 15) is 89.0 Å². The maximum atomic E-state index is 16.8. The Morgan fingerprint density at radius 3 is 1.49 bits per heavy atom. The van der Waals surface area contributed by atoms with Gasteiger partial charge in [0, 0.05) is 81.9 Å². The molecule has 0 amide bonds. The monoisotopic (exact) mass is 1940 g/mol. The van der Waals surface area contributed by atoms with Crippen LogP contribution in [-0.4, -0.2) is 180 Å². The fraction of sp³-hybridized carbons (Fsp3) is 0.337. The number of pyridine rings is 2. The van der Waals surface area contributed by atoms with Crippen molar-refractivity contribution in [1.29, 1.82) is 0 Å². The molecule has 9 heterocycles. The van der Waals surface area contributed by atoms with Crippen LogP contribution in [0.5, 0.6) is 0 Å². The summed E-state index contributed by atoms with van der Waals surface area (Å²) in [6, 6.07) is 23.2. The smallest absolute Gasteiger partial charge is 0.390 e. The molecule has 1 N–H and O–H groups in total. The molecule has 0 spiro atoms. The summed E-state index contributed by atoms with van der Waals surface area (Å²) in [4.78, 5) is 54.0. The second-order valence-electron chi connectivity index (χ2n) is 34.6. The molecule has 0 bridgehead atoms. The van der Waals surface area contributed by atoms with Gasteiger partial charge in [-0.15, -0.1) is 16.4 Å². The second kappa shape index (κ2) is 34.0. The van der Waals surface area contributed by atoms with Gasteiger partial charge in [-0.1, -0.05) is 33.5 Å². The third-order valence-electron chi connectivity index (χ3n) is 25.6. The van der Waals surface area contributed by atoms with Gasteiger partial charge in [0.25, 0.3) is 0 Å². The van der Waals surface area contributed by atoms with Gasteiger partial charge in [-0.25, -0.2) is 62.0 Å². The molecule has 0 radical (unpaired) electrons. The molecule has 44 heteroatoms. The van der Waals surface area contributed by atoms with Crippen LogP contribution in [0.2, 0.25) is 5.02 Å². The van der Waals surface area contributed by atoms with E-state index in [-0.39, 0.29) is 90.0 Å². The standard InChI is InChI=1S/C33H34ClFN6O3S.C28H24F7N7O2S2.C28H22F5N5O3S/c1-32(43)17-27(18-32)41(45(3,44)30-11-13-39(2)38-30)26-7-4-22-14-29-21(20-37-40(29)25-8-5-24(35)6-9-25)16-33(22,19-26)31(42)28-15-23(34)10-12-36-28;1-40-14-23(38-39-40)46(2,44)41(15-27(30,31)32)20-6-3-17-9-21-16(12-37-42(21)19-7-4-18(29)5-8-19)10-26(17,11-20)24(43)25-36-13-22(45-25)28(33,34)35;1-37-11-9-24(36-37)42(40,41)27(30)10-8-18-12-23-17(14-35-38(23)21-5-3-20(29)4-6-21)13-26(18,16-27)25(39)22-7-2-19(15-34-22)28(31,32)33/h5-6,8-15,20,26-27,43H,3-4,7,16-19H2,1-2H3;4-5,7-9,12-14,20H,2-3,6,10-11,15H2,1H3;2-7,9,11-12,14-15H,8,10,13,16H2,1H3/t26-,27?,32?,33-,45?;20-,26-,46?;26-,27-/m000/s1. The minimum atomic E-state index is -4.83. The van der Waals surface area contributed by atoms with Crippen LogP contribution in [0.3, 0.4) is 0 Å².